The molecular formula is C19H26FN5O. The summed E-state index contributed by atoms with van der Waals surface area (Å²) in [6, 6.07) is 8.51. The molecule has 1 aliphatic rings. The number of morpholine rings is 1. The molecule has 1 fully saturated rings. The highest BCUT2D eigenvalue weighted by Gasteiger charge is 2.09. The van der Waals surface area contributed by atoms with Crippen LogP contribution in [0.3, 0.4) is 0 Å². The first-order chi connectivity index (χ1) is 12.7. The smallest absolute Gasteiger partial charge is 0.131 e. The van der Waals surface area contributed by atoms with Crippen LogP contribution in [-0.2, 0) is 11.2 Å². The van der Waals surface area contributed by atoms with E-state index in [0.29, 0.717) is 0 Å². The van der Waals surface area contributed by atoms with Crippen molar-refractivity contribution in [2.24, 2.45) is 0 Å². The van der Waals surface area contributed by atoms with E-state index in [2.05, 4.69) is 25.5 Å². The first-order valence-electron chi connectivity index (χ1n) is 9.07. The fraction of sp³-hybridized carbons (Fsp3) is 0.474. The van der Waals surface area contributed by atoms with E-state index in [1.54, 1.807) is 12.1 Å². The lowest BCUT2D eigenvalue weighted by Crippen LogP contribution is -2.39. The number of hydrogen-bond acceptors (Lipinski definition) is 6. The Labute approximate surface area is 153 Å². The van der Waals surface area contributed by atoms with Gasteiger partial charge in [0.1, 0.15) is 23.3 Å². The minimum atomic E-state index is -0.207. The van der Waals surface area contributed by atoms with Gasteiger partial charge in [-0.2, -0.15) is 0 Å². The lowest BCUT2D eigenvalue weighted by atomic mass is 10.1. The zero-order valence-electron chi connectivity index (χ0n) is 15.2. The standard InChI is InChI=1S/C19H26FN5O/c1-15-23-18(21-7-6-16-2-4-17(20)5-3-16)14-19(24-15)22-8-9-25-10-12-26-13-11-25/h2-5,14H,6-13H2,1H3,(H2,21,22,23,24). The molecule has 0 unspecified atom stereocenters. The Morgan fingerprint density at radius 3 is 2.38 bits per heavy atom. The van der Waals surface area contributed by atoms with Gasteiger partial charge in [0, 0.05) is 38.8 Å². The van der Waals surface area contributed by atoms with E-state index in [-0.39, 0.29) is 5.82 Å². The number of hydrogen-bond donors (Lipinski definition) is 2. The second-order valence-corrected chi connectivity index (χ2v) is 6.37. The molecular weight excluding hydrogens is 333 g/mol. The lowest BCUT2D eigenvalue weighted by molar-refractivity contribution is 0.0398. The van der Waals surface area contributed by atoms with Gasteiger partial charge in [0.2, 0.25) is 0 Å². The molecule has 7 heteroatoms. The maximum absolute atomic E-state index is 12.9. The summed E-state index contributed by atoms with van der Waals surface area (Å²) in [5.41, 5.74) is 1.09. The SMILES string of the molecule is Cc1nc(NCCc2ccc(F)cc2)cc(NCCN2CCOCC2)n1. The fourth-order valence-corrected chi connectivity index (χ4v) is 2.90. The van der Waals surface area contributed by atoms with E-state index in [1.807, 2.05) is 13.0 Å². The van der Waals surface area contributed by atoms with Gasteiger partial charge in [0.05, 0.1) is 13.2 Å². The van der Waals surface area contributed by atoms with Crippen LogP contribution in [0.15, 0.2) is 30.3 Å². The van der Waals surface area contributed by atoms with Crippen LogP contribution in [0.4, 0.5) is 16.0 Å². The first kappa shape index (κ1) is 18.5. The molecule has 0 saturated carbocycles. The Kier molecular flexibility index (Phi) is 6.74. The zero-order valence-corrected chi connectivity index (χ0v) is 15.2. The van der Waals surface area contributed by atoms with E-state index in [0.717, 1.165) is 75.4 Å². The van der Waals surface area contributed by atoms with Crippen LogP contribution in [0.2, 0.25) is 0 Å². The van der Waals surface area contributed by atoms with Crippen LogP contribution < -0.4 is 10.6 Å². The predicted molar refractivity (Wildman–Crippen MR) is 101 cm³/mol. The number of rotatable bonds is 8. The normalized spacial score (nSPS) is 15.0. The third-order valence-corrected chi connectivity index (χ3v) is 4.31. The van der Waals surface area contributed by atoms with E-state index in [1.165, 1.54) is 12.1 Å². The number of aryl methyl sites for hydroxylation is 1. The molecule has 140 valence electrons. The first-order valence-corrected chi connectivity index (χ1v) is 9.07. The Balaban J connectivity index is 1.46. The molecule has 3 rings (SSSR count). The molecule has 1 aromatic carbocycles. The van der Waals surface area contributed by atoms with E-state index in [9.17, 15) is 4.39 Å². The van der Waals surface area contributed by atoms with Crippen molar-refractivity contribution in [3.05, 3.63) is 47.5 Å². The number of anilines is 2. The second kappa shape index (κ2) is 9.45. The van der Waals surface area contributed by atoms with Crippen LogP contribution in [0.5, 0.6) is 0 Å². The van der Waals surface area contributed by atoms with Crippen LogP contribution in [-0.4, -0.2) is 60.8 Å². The summed E-state index contributed by atoms with van der Waals surface area (Å²) in [6.45, 7) is 8.03. The Morgan fingerprint density at radius 1 is 1.04 bits per heavy atom. The Hall–Kier alpha value is -2.25. The molecule has 2 N–H and O–H groups in total. The lowest BCUT2D eigenvalue weighted by Gasteiger charge is -2.26. The van der Waals surface area contributed by atoms with Crippen molar-refractivity contribution in [2.75, 3.05) is 56.6 Å². The molecule has 1 aromatic heterocycles. The maximum Gasteiger partial charge on any atom is 0.131 e. The van der Waals surface area contributed by atoms with Crippen molar-refractivity contribution in [1.82, 2.24) is 14.9 Å². The largest absolute Gasteiger partial charge is 0.379 e. The van der Waals surface area contributed by atoms with Gasteiger partial charge in [-0.3, -0.25) is 4.90 Å². The van der Waals surface area contributed by atoms with E-state index >= 15 is 0 Å². The average Bonchev–Trinajstić information content (AvgIpc) is 2.64. The van der Waals surface area contributed by atoms with Crippen molar-refractivity contribution in [3.63, 3.8) is 0 Å². The monoisotopic (exact) mass is 359 g/mol. The summed E-state index contributed by atoms with van der Waals surface area (Å²) >= 11 is 0. The summed E-state index contributed by atoms with van der Waals surface area (Å²) < 4.78 is 18.3. The molecule has 0 amide bonds. The highest BCUT2D eigenvalue weighted by molar-refractivity contribution is 5.47. The molecule has 0 atom stereocenters. The molecule has 0 spiro atoms. The van der Waals surface area contributed by atoms with Crippen LogP contribution >= 0.6 is 0 Å². The number of aromatic nitrogens is 2. The van der Waals surface area contributed by atoms with Crippen molar-refractivity contribution in [3.8, 4) is 0 Å². The van der Waals surface area contributed by atoms with Gasteiger partial charge in [-0.15, -0.1) is 0 Å². The average molecular weight is 359 g/mol. The molecule has 1 aliphatic heterocycles. The minimum Gasteiger partial charge on any atom is -0.379 e. The van der Waals surface area contributed by atoms with Crippen molar-refractivity contribution in [2.45, 2.75) is 13.3 Å². The van der Waals surface area contributed by atoms with Gasteiger partial charge < -0.3 is 15.4 Å². The molecule has 6 nitrogen and oxygen atoms in total. The number of nitrogens with zero attached hydrogens (tertiary/aromatic N) is 3. The third-order valence-electron chi connectivity index (χ3n) is 4.31. The molecule has 26 heavy (non-hydrogen) atoms. The summed E-state index contributed by atoms with van der Waals surface area (Å²) in [6.07, 6.45) is 0.809. The van der Waals surface area contributed by atoms with Gasteiger partial charge in [-0.1, -0.05) is 12.1 Å². The highest BCUT2D eigenvalue weighted by Crippen LogP contribution is 2.12. The molecule has 2 aromatic rings. The van der Waals surface area contributed by atoms with Gasteiger partial charge in [0.25, 0.3) is 0 Å². The van der Waals surface area contributed by atoms with E-state index < -0.39 is 0 Å². The van der Waals surface area contributed by atoms with Gasteiger partial charge in [-0.25, -0.2) is 14.4 Å². The Morgan fingerprint density at radius 2 is 1.69 bits per heavy atom. The summed E-state index contributed by atoms with van der Waals surface area (Å²) in [5.74, 6) is 2.15. The van der Waals surface area contributed by atoms with Gasteiger partial charge in [-0.05, 0) is 31.0 Å². The summed E-state index contributed by atoms with van der Waals surface area (Å²) in [7, 11) is 0. The molecule has 1 saturated heterocycles. The number of nitrogens with one attached hydrogen (secondary N) is 2. The Bertz CT molecular complexity index is 689. The summed E-state index contributed by atoms with van der Waals surface area (Å²) in [4.78, 5) is 11.3. The van der Waals surface area contributed by atoms with Crippen LogP contribution in [0, 0.1) is 12.7 Å². The van der Waals surface area contributed by atoms with E-state index in [4.69, 9.17) is 4.74 Å². The predicted octanol–water partition coefficient (Wildman–Crippen LogP) is 2.32. The minimum absolute atomic E-state index is 0.207. The fourth-order valence-electron chi connectivity index (χ4n) is 2.90. The molecule has 2 heterocycles. The van der Waals surface area contributed by atoms with Crippen molar-refractivity contribution >= 4 is 11.6 Å². The quantitative estimate of drug-likeness (QED) is 0.754. The number of halogens is 1. The zero-order chi connectivity index (χ0) is 18.2. The number of benzene rings is 1. The third kappa shape index (κ3) is 5.93. The van der Waals surface area contributed by atoms with Crippen LogP contribution in [0.25, 0.3) is 0 Å². The molecule has 0 bridgehead atoms. The van der Waals surface area contributed by atoms with Crippen LogP contribution in [0.1, 0.15) is 11.4 Å². The molecule has 0 radical (unpaired) electrons. The summed E-state index contributed by atoms with van der Waals surface area (Å²) in [5, 5.41) is 6.69. The maximum atomic E-state index is 12.9. The molecule has 0 aliphatic carbocycles. The topological polar surface area (TPSA) is 62.3 Å². The number of ether oxygens (including phenoxy) is 1. The van der Waals surface area contributed by atoms with Gasteiger partial charge in [0.15, 0.2) is 0 Å². The van der Waals surface area contributed by atoms with Crippen molar-refractivity contribution in [1.29, 1.82) is 0 Å². The highest BCUT2D eigenvalue weighted by atomic mass is 19.1. The second-order valence-electron chi connectivity index (χ2n) is 6.37. The van der Waals surface area contributed by atoms with Gasteiger partial charge >= 0.3 is 0 Å². The van der Waals surface area contributed by atoms with Crippen molar-refractivity contribution < 1.29 is 9.13 Å².